The molecule has 0 aliphatic rings. The Labute approximate surface area is 156 Å². The van der Waals surface area contributed by atoms with Crippen molar-refractivity contribution >= 4 is 32.6 Å². The van der Waals surface area contributed by atoms with Crippen LogP contribution in [0.25, 0.3) is 10.8 Å². The monoisotopic (exact) mass is 402 g/mol. The molecule has 0 aliphatic carbocycles. The van der Waals surface area contributed by atoms with Gasteiger partial charge in [-0.1, -0.05) is 47.5 Å². The molecule has 2 rings (SSSR count). The Morgan fingerprint density at radius 1 is 1.28 bits per heavy atom. The van der Waals surface area contributed by atoms with Gasteiger partial charge in [0.1, 0.15) is 0 Å². The average molecular weight is 403 g/mol. The first-order chi connectivity index (χ1) is 12.1. The predicted octanol–water partition coefficient (Wildman–Crippen LogP) is 4.18. The minimum absolute atomic E-state index is 0.0126. The minimum Gasteiger partial charge on any atom is -0.355 e. The van der Waals surface area contributed by atoms with Gasteiger partial charge in [-0.2, -0.15) is 0 Å². The summed E-state index contributed by atoms with van der Waals surface area (Å²) >= 11 is 3.42. The molecule has 0 fully saturated rings. The minimum atomic E-state index is -0.108. The molecule has 5 heteroatoms. The van der Waals surface area contributed by atoms with E-state index in [1.54, 1.807) is 17.8 Å². The van der Waals surface area contributed by atoms with Gasteiger partial charge in [-0.3, -0.25) is 9.59 Å². The number of aromatic nitrogens is 1. The SMILES string of the molecule is CCCC=C/C(=C\CCn1ccc2cc(Br)ccc2c1=O)C(=O)NC. The van der Waals surface area contributed by atoms with Gasteiger partial charge in [0.2, 0.25) is 0 Å². The smallest absolute Gasteiger partial charge is 0.258 e. The van der Waals surface area contributed by atoms with Crippen molar-refractivity contribution in [3.8, 4) is 0 Å². The molecule has 0 saturated carbocycles. The molecule has 1 heterocycles. The molecule has 1 N–H and O–H groups in total. The third-order valence-electron chi connectivity index (χ3n) is 3.92. The fourth-order valence-corrected chi connectivity index (χ4v) is 2.93. The summed E-state index contributed by atoms with van der Waals surface area (Å²) in [6.07, 6.45) is 10.1. The first kappa shape index (κ1) is 19.2. The van der Waals surface area contributed by atoms with E-state index >= 15 is 0 Å². The van der Waals surface area contributed by atoms with Crippen molar-refractivity contribution in [2.45, 2.75) is 32.7 Å². The quantitative estimate of drug-likeness (QED) is 0.557. The molecule has 1 aromatic heterocycles. The van der Waals surface area contributed by atoms with E-state index in [-0.39, 0.29) is 11.5 Å². The Bertz CT molecular complexity index is 866. The lowest BCUT2D eigenvalue weighted by atomic mass is 10.1. The average Bonchev–Trinajstić information content (AvgIpc) is 2.61. The van der Waals surface area contributed by atoms with Crippen LogP contribution >= 0.6 is 15.9 Å². The van der Waals surface area contributed by atoms with Crippen LogP contribution in [0.3, 0.4) is 0 Å². The number of likely N-dealkylation sites (N-methyl/N-ethyl adjacent to an activating group) is 1. The highest BCUT2D eigenvalue weighted by Gasteiger charge is 2.05. The van der Waals surface area contributed by atoms with Gasteiger partial charge in [0, 0.05) is 35.2 Å². The van der Waals surface area contributed by atoms with Crippen molar-refractivity contribution in [3.63, 3.8) is 0 Å². The maximum absolute atomic E-state index is 12.6. The van der Waals surface area contributed by atoms with E-state index < -0.39 is 0 Å². The van der Waals surface area contributed by atoms with Gasteiger partial charge >= 0.3 is 0 Å². The summed E-state index contributed by atoms with van der Waals surface area (Å²) in [5, 5.41) is 4.26. The summed E-state index contributed by atoms with van der Waals surface area (Å²) in [6, 6.07) is 7.57. The number of amides is 1. The van der Waals surface area contributed by atoms with E-state index in [0.717, 1.165) is 22.7 Å². The first-order valence-electron chi connectivity index (χ1n) is 8.44. The Hall–Kier alpha value is -2.14. The maximum atomic E-state index is 12.6. The van der Waals surface area contributed by atoms with Crippen molar-refractivity contribution < 1.29 is 4.79 Å². The molecule has 4 nitrogen and oxygen atoms in total. The molecule has 1 aromatic carbocycles. The van der Waals surface area contributed by atoms with Crippen LogP contribution in [-0.2, 0) is 11.3 Å². The zero-order valence-corrected chi connectivity index (χ0v) is 16.2. The van der Waals surface area contributed by atoms with Crippen LogP contribution in [0.4, 0.5) is 0 Å². The number of rotatable bonds is 7. The van der Waals surface area contributed by atoms with Gasteiger partial charge in [0.25, 0.3) is 11.5 Å². The summed E-state index contributed by atoms with van der Waals surface area (Å²) in [4.78, 5) is 24.5. The summed E-state index contributed by atoms with van der Waals surface area (Å²) in [5.41, 5.74) is 0.620. The van der Waals surface area contributed by atoms with Crippen LogP contribution in [0, 0.1) is 0 Å². The van der Waals surface area contributed by atoms with Gasteiger partial charge in [0.15, 0.2) is 0 Å². The highest BCUT2D eigenvalue weighted by atomic mass is 79.9. The standard InChI is InChI=1S/C20H23BrN2O2/c1-3-4-5-7-15(19(24)22-2)8-6-12-23-13-11-16-14-17(21)9-10-18(16)20(23)25/h5,7-11,13-14H,3-4,6,12H2,1-2H3,(H,22,24)/b7-5?,15-8+. The summed E-state index contributed by atoms with van der Waals surface area (Å²) < 4.78 is 2.64. The van der Waals surface area contributed by atoms with Crippen LogP contribution in [0.5, 0.6) is 0 Å². The van der Waals surface area contributed by atoms with Crippen LogP contribution in [-0.4, -0.2) is 17.5 Å². The van der Waals surface area contributed by atoms with Crippen LogP contribution in [0.2, 0.25) is 0 Å². The normalized spacial score (nSPS) is 12.0. The number of carbonyl (C=O) groups excluding carboxylic acids is 1. The first-order valence-corrected chi connectivity index (χ1v) is 9.23. The highest BCUT2D eigenvalue weighted by molar-refractivity contribution is 9.10. The van der Waals surface area contributed by atoms with Gasteiger partial charge in [0.05, 0.1) is 0 Å². The Morgan fingerprint density at radius 3 is 2.80 bits per heavy atom. The van der Waals surface area contributed by atoms with E-state index in [9.17, 15) is 9.59 Å². The van der Waals surface area contributed by atoms with Gasteiger partial charge in [-0.15, -0.1) is 0 Å². The molecule has 2 aromatic rings. The highest BCUT2D eigenvalue weighted by Crippen LogP contribution is 2.16. The number of nitrogens with zero attached hydrogens (tertiary/aromatic N) is 1. The number of fused-ring (bicyclic) bond motifs is 1. The number of aryl methyl sites for hydroxylation is 1. The molecule has 132 valence electrons. The fourth-order valence-electron chi connectivity index (χ4n) is 2.55. The zero-order valence-electron chi connectivity index (χ0n) is 14.6. The molecule has 0 unspecified atom stereocenters. The topological polar surface area (TPSA) is 51.1 Å². The summed E-state index contributed by atoms with van der Waals surface area (Å²) in [6.45, 7) is 2.63. The van der Waals surface area contributed by atoms with Crippen molar-refractivity contribution in [3.05, 3.63) is 69.1 Å². The molecular weight excluding hydrogens is 380 g/mol. The van der Waals surface area contributed by atoms with Gasteiger partial charge < -0.3 is 9.88 Å². The number of benzene rings is 1. The van der Waals surface area contributed by atoms with E-state index in [1.165, 1.54) is 0 Å². The number of hydrogen-bond acceptors (Lipinski definition) is 2. The predicted molar refractivity (Wildman–Crippen MR) is 107 cm³/mol. The van der Waals surface area contributed by atoms with Gasteiger partial charge in [-0.25, -0.2) is 0 Å². The number of pyridine rings is 1. The molecule has 0 aliphatic heterocycles. The molecular formula is C20H23BrN2O2. The van der Waals surface area contributed by atoms with E-state index in [4.69, 9.17) is 0 Å². The Balaban J connectivity index is 2.17. The number of carbonyl (C=O) groups is 1. The van der Waals surface area contributed by atoms with E-state index in [2.05, 4.69) is 28.2 Å². The maximum Gasteiger partial charge on any atom is 0.258 e. The largest absolute Gasteiger partial charge is 0.355 e. The van der Waals surface area contributed by atoms with E-state index in [1.807, 2.05) is 42.5 Å². The molecule has 0 radical (unpaired) electrons. The number of allylic oxidation sites excluding steroid dienone is 2. The number of nitrogens with one attached hydrogen (secondary N) is 1. The van der Waals surface area contributed by atoms with E-state index in [0.29, 0.717) is 23.9 Å². The van der Waals surface area contributed by atoms with Crippen molar-refractivity contribution in [1.29, 1.82) is 0 Å². The molecule has 1 amide bonds. The second-order valence-corrected chi connectivity index (χ2v) is 6.68. The van der Waals surface area contributed by atoms with Crippen molar-refractivity contribution in [1.82, 2.24) is 9.88 Å². The second kappa shape index (κ2) is 9.37. The lowest BCUT2D eigenvalue weighted by molar-refractivity contribution is -0.116. The number of hydrogen-bond donors (Lipinski definition) is 1. The van der Waals surface area contributed by atoms with Gasteiger partial charge in [-0.05, 0) is 42.5 Å². The van der Waals surface area contributed by atoms with Crippen molar-refractivity contribution in [2.75, 3.05) is 7.05 Å². The number of unbranched alkanes of at least 4 members (excludes halogenated alkanes) is 1. The summed E-state index contributed by atoms with van der Waals surface area (Å²) in [5.74, 6) is -0.108. The Morgan fingerprint density at radius 2 is 2.08 bits per heavy atom. The van der Waals surface area contributed by atoms with Crippen LogP contribution in [0.15, 0.2) is 63.5 Å². The van der Waals surface area contributed by atoms with Crippen LogP contribution < -0.4 is 10.9 Å². The lowest BCUT2D eigenvalue weighted by Crippen LogP contribution is -2.20. The molecule has 0 atom stereocenters. The van der Waals surface area contributed by atoms with Crippen LogP contribution in [0.1, 0.15) is 26.2 Å². The summed E-state index contributed by atoms with van der Waals surface area (Å²) in [7, 11) is 1.62. The molecule has 0 saturated heterocycles. The lowest BCUT2D eigenvalue weighted by Gasteiger charge is -2.07. The third-order valence-corrected chi connectivity index (χ3v) is 4.41. The Kier molecular flexibility index (Phi) is 7.19. The molecule has 0 spiro atoms. The second-order valence-electron chi connectivity index (χ2n) is 5.76. The molecule has 0 bridgehead atoms. The fraction of sp³-hybridized carbons (Fsp3) is 0.300. The third kappa shape index (κ3) is 5.16. The van der Waals surface area contributed by atoms with Crippen molar-refractivity contribution in [2.24, 2.45) is 0 Å². The number of halogens is 1. The molecule has 25 heavy (non-hydrogen) atoms. The zero-order chi connectivity index (χ0) is 18.2.